The molecule has 2 rings (SSSR count). The molecule has 0 unspecified atom stereocenters. The van der Waals surface area contributed by atoms with Crippen LogP contribution >= 0.6 is 11.3 Å². The number of nitrogens with zero attached hydrogens (tertiary/aromatic N) is 4. The van der Waals surface area contributed by atoms with Crippen molar-refractivity contribution in [3.63, 3.8) is 0 Å². The van der Waals surface area contributed by atoms with E-state index in [-0.39, 0.29) is 17.9 Å². The summed E-state index contributed by atoms with van der Waals surface area (Å²) in [6.07, 6.45) is 1.37. The van der Waals surface area contributed by atoms with E-state index < -0.39 is 0 Å². The van der Waals surface area contributed by atoms with E-state index in [0.29, 0.717) is 31.1 Å². The number of anilines is 1. The van der Waals surface area contributed by atoms with Crippen LogP contribution in [-0.2, 0) is 4.79 Å². The monoisotopic (exact) mass is 283 g/mol. The van der Waals surface area contributed by atoms with Gasteiger partial charge in [-0.2, -0.15) is 0 Å². The third-order valence-electron chi connectivity index (χ3n) is 3.11. The first kappa shape index (κ1) is 13.7. The van der Waals surface area contributed by atoms with Gasteiger partial charge in [0.15, 0.2) is 0 Å². The molecule has 0 aliphatic carbocycles. The fourth-order valence-corrected chi connectivity index (χ4v) is 2.50. The Bertz CT molecular complexity index is 440. The van der Waals surface area contributed by atoms with Crippen molar-refractivity contribution in [2.75, 3.05) is 32.5 Å². The molecule has 2 heterocycles. The normalized spacial score (nSPS) is 16.2. The second-order valence-corrected chi connectivity index (χ2v) is 5.50. The second-order valence-electron chi connectivity index (χ2n) is 4.67. The highest BCUT2D eigenvalue weighted by molar-refractivity contribution is 7.13. The van der Waals surface area contributed by atoms with Gasteiger partial charge in [-0.25, -0.2) is 4.79 Å². The maximum absolute atomic E-state index is 12.0. The van der Waals surface area contributed by atoms with Crippen molar-refractivity contribution in [3.8, 4) is 0 Å². The second kappa shape index (κ2) is 5.96. The van der Waals surface area contributed by atoms with Gasteiger partial charge in [0.05, 0.1) is 0 Å². The van der Waals surface area contributed by atoms with Gasteiger partial charge in [0, 0.05) is 33.1 Å². The Labute approximate surface area is 115 Å². The van der Waals surface area contributed by atoms with Crippen LogP contribution in [-0.4, -0.2) is 59.1 Å². The van der Waals surface area contributed by atoms with E-state index in [0.717, 1.165) is 0 Å². The third kappa shape index (κ3) is 3.40. The summed E-state index contributed by atoms with van der Waals surface area (Å²) in [4.78, 5) is 27.1. The summed E-state index contributed by atoms with van der Waals surface area (Å²) < 4.78 is 0. The van der Waals surface area contributed by atoms with Gasteiger partial charge in [0.1, 0.15) is 5.51 Å². The van der Waals surface area contributed by atoms with Gasteiger partial charge in [0.25, 0.3) is 0 Å². The van der Waals surface area contributed by atoms with E-state index in [2.05, 4.69) is 15.5 Å². The molecule has 1 aliphatic rings. The molecule has 7 nitrogen and oxygen atoms in total. The average molecular weight is 283 g/mol. The Kier molecular flexibility index (Phi) is 4.31. The van der Waals surface area contributed by atoms with Crippen LogP contribution in [0.2, 0.25) is 0 Å². The van der Waals surface area contributed by atoms with Crippen LogP contribution in [0.1, 0.15) is 12.8 Å². The first-order valence-electron chi connectivity index (χ1n) is 6.11. The fraction of sp³-hybridized carbons (Fsp3) is 0.636. The smallest absolute Gasteiger partial charge is 0.319 e. The van der Waals surface area contributed by atoms with Crippen molar-refractivity contribution in [3.05, 3.63) is 5.51 Å². The summed E-state index contributed by atoms with van der Waals surface area (Å²) in [5.41, 5.74) is 1.58. The number of aromatic nitrogens is 2. The van der Waals surface area contributed by atoms with Gasteiger partial charge in [-0.15, -0.1) is 10.2 Å². The summed E-state index contributed by atoms with van der Waals surface area (Å²) in [5.74, 6) is -0.0937. The van der Waals surface area contributed by atoms with Crippen molar-refractivity contribution < 1.29 is 9.59 Å². The van der Waals surface area contributed by atoms with Crippen LogP contribution < -0.4 is 5.32 Å². The average Bonchev–Trinajstić information content (AvgIpc) is 2.90. The number of rotatable bonds is 2. The molecule has 1 saturated heterocycles. The summed E-state index contributed by atoms with van der Waals surface area (Å²) in [6.45, 7) is 1.23. The molecular weight excluding hydrogens is 266 g/mol. The molecule has 0 atom stereocenters. The topological polar surface area (TPSA) is 78.4 Å². The number of hydrogen-bond donors (Lipinski definition) is 1. The van der Waals surface area contributed by atoms with Crippen LogP contribution in [0.3, 0.4) is 0 Å². The minimum Gasteiger partial charge on any atom is -0.331 e. The lowest BCUT2D eigenvalue weighted by atomic mass is 9.96. The van der Waals surface area contributed by atoms with Crippen molar-refractivity contribution in [2.45, 2.75) is 12.8 Å². The van der Waals surface area contributed by atoms with Crippen LogP contribution in [0.4, 0.5) is 9.93 Å². The number of nitrogens with one attached hydrogen (secondary N) is 1. The summed E-state index contributed by atoms with van der Waals surface area (Å²) in [6, 6.07) is 0.00276. The van der Waals surface area contributed by atoms with E-state index in [1.807, 2.05) is 0 Å². The minimum absolute atomic E-state index is 0.00276. The maximum atomic E-state index is 12.0. The number of carbonyl (C=O) groups excluding carboxylic acids is 2. The number of piperidine rings is 1. The Balaban J connectivity index is 1.83. The molecule has 3 amide bonds. The highest BCUT2D eigenvalue weighted by Gasteiger charge is 2.28. The molecule has 1 aliphatic heterocycles. The molecular formula is C11H17N5O2S. The van der Waals surface area contributed by atoms with E-state index in [1.165, 1.54) is 11.3 Å². The molecule has 8 heteroatoms. The molecule has 19 heavy (non-hydrogen) atoms. The van der Waals surface area contributed by atoms with E-state index in [4.69, 9.17) is 0 Å². The van der Waals surface area contributed by atoms with E-state index >= 15 is 0 Å². The number of likely N-dealkylation sites (tertiary alicyclic amines) is 1. The molecule has 1 N–H and O–H groups in total. The molecule has 1 fully saturated rings. The lowest BCUT2D eigenvalue weighted by Gasteiger charge is -2.32. The molecule has 0 radical (unpaired) electrons. The molecule has 0 bridgehead atoms. The van der Waals surface area contributed by atoms with E-state index in [1.54, 1.807) is 29.4 Å². The predicted octanol–water partition coefficient (Wildman–Crippen LogP) is 0.870. The molecule has 0 aromatic carbocycles. The Morgan fingerprint density at radius 3 is 2.63 bits per heavy atom. The minimum atomic E-state index is -0.0601. The van der Waals surface area contributed by atoms with Gasteiger partial charge in [-0.3, -0.25) is 4.79 Å². The van der Waals surface area contributed by atoms with Gasteiger partial charge in [-0.05, 0) is 12.8 Å². The quantitative estimate of drug-likeness (QED) is 0.873. The number of urea groups is 1. The molecule has 104 valence electrons. The lowest BCUT2D eigenvalue weighted by molar-refractivity contribution is -0.121. The summed E-state index contributed by atoms with van der Waals surface area (Å²) in [7, 11) is 3.47. The van der Waals surface area contributed by atoms with Crippen molar-refractivity contribution in [1.29, 1.82) is 0 Å². The standard InChI is InChI=1S/C11H17N5O2S/c1-15(2)11(18)16-5-3-8(4-6-16)9(17)13-10-14-12-7-19-10/h7-8H,3-6H2,1-2H3,(H,13,14,17). The zero-order valence-electron chi connectivity index (χ0n) is 11.0. The molecule has 0 spiro atoms. The van der Waals surface area contributed by atoms with Crippen molar-refractivity contribution >= 4 is 28.4 Å². The molecule has 1 aromatic heterocycles. The van der Waals surface area contributed by atoms with Crippen LogP contribution in [0.5, 0.6) is 0 Å². The SMILES string of the molecule is CN(C)C(=O)N1CCC(C(=O)Nc2nncs2)CC1. The Morgan fingerprint density at radius 1 is 1.42 bits per heavy atom. The van der Waals surface area contributed by atoms with Gasteiger partial charge < -0.3 is 15.1 Å². The number of hydrogen-bond acceptors (Lipinski definition) is 5. The van der Waals surface area contributed by atoms with Gasteiger partial charge >= 0.3 is 6.03 Å². The summed E-state index contributed by atoms with van der Waals surface area (Å²) in [5, 5.41) is 10.7. The first-order chi connectivity index (χ1) is 9.08. The van der Waals surface area contributed by atoms with Crippen LogP contribution in [0, 0.1) is 5.92 Å². The maximum Gasteiger partial charge on any atom is 0.319 e. The van der Waals surface area contributed by atoms with Crippen LogP contribution in [0.25, 0.3) is 0 Å². The summed E-state index contributed by atoms with van der Waals surface area (Å²) >= 11 is 1.30. The van der Waals surface area contributed by atoms with Gasteiger partial charge in [0.2, 0.25) is 11.0 Å². The zero-order chi connectivity index (χ0) is 13.8. The molecule has 0 saturated carbocycles. The zero-order valence-corrected chi connectivity index (χ0v) is 11.8. The number of amides is 3. The predicted molar refractivity (Wildman–Crippen MR) is 71.9 cm³/mol. The molecule has 1 aromatic rings. The lowest BCUT2D eigenvalue weighted by Crippen LogP contribution is -2.45. The first-order valence-corrected chi connectivity index (χ1v) is 6.99. The third-order valence-corrected chi connectivity index (χ3v) is 3.72. The van der Waals surface area contributed by atoms with Crippen LogP contribution in [0.15, 0.2) is 5.51 Å². The largest absolute Gasteiger partial charge is 0.331 e. The number of carbonyl (C=O) groups is 2. The van der Waals surface area contributed by atoms with Crippen molar-refractivity contribution in [2.24, 2.45) is 5.92 Å². The Hall–Kier alpha value is -1.70. The Morgan fingerprint density at radius 2 is 2.11 bits per heavy atom. The highest BCUT2D eigenvalue weighted by atomic mass is 32.1. The van der Waals surface area contributed by atoms with Crippen molar-refractivity contribution in [1.82, 2.24) is 20.0 Å². The van der Waals surface area contributed by atoms with E-state index in [9.17, 15) is 9.59 Å². The fourth-order valence-electron chi connectivity index (χ4n) is 2.05. The van der Waals surface area contributed by atoms with Gasteiger partial charge in [-0.1, -0.05) is 11.3 Å². The highest BCUT2D eigenvalue weighted by Crippen LogP contribution is 2.20.